The predicted octanol–water partition coefficient (Wildman–Crippen LogP) is 1.76. The molecule has 0 amide bonds. The first-order valence-electron chi connectivity index (χ1n) is 5.56. The minimum Gasteiger partial charge on any atom is -0.331 e. The molecule has 14 heavy (non-hydrogen) atoms. The Morgan fingerprint density at radius 1 is 1.64 bits per heavy atom. The Balaban J connectivity index is 1.91. The van der Waals surface area contributed by atoms with Gasteiger partial charge < -0.3 is 9.88 Å². The third-order valence-electron chi connectivity index (χ3n) is 2.82. The highest BCUT2D eigenvalue weighted by atomic mass is 15.1. The molecular formula is C11H19N3. The molecule has 1 aliphatic rings. The van der Waals surface area contributed by atoms with Gasteiger partial charge in [-0.1, -0.05) is 6.92 Å². The lowest BCUT2D eigenvalue weighted by molar-refractivity contribution is 0.478. The molecule has 1 aromatic heterocycles. The Kier molecular flexibility index (Phi) is 2.87. The lowest BCUT2D eigenvalue weighted by atomic mass is 10.3. The van der Waals surface area contributed by atoms with Gasteiger partial charge in [-0.2, -0.15) is 0 Å². The summed E-state index contributed by atoms with van der Waals surface area (Å²) in [6.45, 7) is 5.46. The first-order valence-corrected chi connectivity index (χ1v) is 5.56. The van der Waals surface area contributed by atoms with E-state index < -0.39 is 0 Å². The van der Waals surface area contributed by atoms with Gasteiger partial charge in [0.15, 0.2) is 0 Å². The summed E-state index contributed by atoms with van der Waals surface area (Å²) >= 11 is 0. The molecule has 1 N–H and O–H groups in total. The van der Waals surface area contributed by atoms with Gasteiger partial charge in [0.05, 0.1) is 0 Å². The predicted molar refractivity (Wildman–Crippen MR) is 57.3 cm³/mol. The van der Waals surface area contributed by atoms with Crippen molar-refractivity contribution in [3.63, 3.8) is 0 Å². The highest BCUT2D eigenvalue weighted by molar-refractivity contribution is 4.95. The van der Waals surface area contributed by atoms with E-state index in [9.17, 15) is 0 Å². The molecule has 1 unspecified atom stereocenters. The molecule has 0 aliphatic heterocycles. The number of aromatic nitrogens is 2. The van der Waals surface area contributed by atoms with Crippen LogP contribution in [0.4, 0.5) is 0 Å². The molecule has 0 bridgehead atoms. The Morgan fingerprint density at radius 2 is 2.43 bits per heavy atom. The molecule has 1 aromatic rings. The summed E-state index contributed by atoms with van der Waals surface area (Å²) in [5.41, 5.74) is 0. The van der Waals surface area contributed by atoms with E-state index in [4.69, 9.17) is 0 Å². The molecule has 1 aliphatic carbocycles. The maximum absolute atomic E-state index is 4.33. The molecule has 78 valence electrons. The van der Waals surface area contributed by atoms with Crippen LogP contribution in [0.3, 0.4) is 0 Å². The zero-order valence-corrected chi connectivity index (χ0v) is 9.03. The van der Waals surface area contributed by atoms with Crippen molar-refractivity contribution in [3.05, 3.63) is 18.2 Å². The van der Waals surface area contributed by atoms with Gasteiger partial charge in [0, 0.05) is 37.4 Å². The normalized spacial score (nSPS) is 18.4. The highest BCUT2D eigenvalue weighted by Crippen LogP contribution is 2.19. The number of hydrogen-bond acceptors (Lipinski definition) is 2. The summed E-state index contributed by atoms with van der Waals surface area (Å²) in [7, 11) is 0. The third kappa shape index (κ3) is 2.15. The third-order valence-corrected chi connectivity index (χ3v) is 2.82. The first kappa shape index (κ1) is 9.71. The summed E-state index contributed by atoms with van der Waals surface area (Å²) in [6.07, 6.45) is 7.71. The molecule has 0 spiro atoms. The Bertz CT molecular complexity index is 288. The van der Waals surface area contributed by atoms with E-state index in [1.165, 1.54) is 18.7 Å². The van der Waals surface area contributed by atoms with Crippen molar-refractivity contribution in [2.45, 2.75) is 45.2 Å². The molecule has 1 atom stereocenters. The van der Waals surface area contributed by atoms with E-state index in [2.05, 4.69) is 34.9 Å². The Morgan fingerprint density at radius 3 is 3.07 bits per heavy atom. The van der Waals surface area contributed by atoms with Crippen LogP contribution < -0.4 is 5.32 Å². The molecule has 1 heterocycles. The number of aryl methyl sites for hydroxylation is 1. The number of imidazole rings is 1. The van der Waals surface area contributed by atoms with Gasteiger partial charge >= 0.3 is 0 Å². The second kappa shape index (κ2) is 4.13. The van der Waals surface area contributed by atoms with Crippen molar-refractivity contribution in [2.24, 2.45) is 0 Å². The fraction of sp³-hybridized carbons (Fsp3) is 0.727. The SMILES string of the molecule is CCc1nccn1C(C)CNC1CC1. The van der Waals surface area contributed by atoms with Crippen LogP contribution in [0.25, 0.3) is 0 Å². The van der Waals surface area contributed by atoms with Crippen molar-refractivity contribution in [3.8, 4) is 0 Å². The molecule has 3 nitrogen and oxygen atoms in total. The van der Waals surface area contributed by atoms with E-state index in [1.807, 2.05) is 6.20 Å². The van der Waals surface area contributed by atoms with Gasteiger partial charge in [-0.05, 0) is 19.8 Å². The molecule has 0 aromatic carbocycles. The van der Waals surface area contributed by atoms with Crippen molar-refractivity contribution in [1.29, 1.82) is 0 Å². The van der Waals surface area contributed by atoms with Crippen LogP contribution in [0.15, 0.2) is 12.4 Å². The van der Waals surface area contributed by atoms with E-state index in [0.717, 1.165) is 19.0 Å². The molecule has 0 radical (unpaired) electrons. The lowest BCUT2D eigenvalue weighted by Crippen LogP contribution is -2.25. The first-order chi connectivity index (χ1) is 6.81. The van der Waals surface area contributed by atoms with Gasteiger partial charge in [-0.3, -0.25) is 0 Å². The highest BCUT2D eigenvalue weighted by Gasteiger charge is 2.21. The van der Waals surface area contributed by atoms with Crippen LogP contribution in [0, 0.1) is 0 Å². The largest absolute Gasteiger partial charge is 0.331 e. The summed E-state index contributed by atoms with van der Waals surface area (Å²) in [4.78, 5) is 4.33. The summed E-state index contributed by atoms with van der Waals surface area (Å²) in [5, 5.41) is 3.55. The quantitative estimate of drug-likeness (QED) is 0.772. The molecular weight excluding hydrogens is 174 g/mol. The van der Waals surface area contributed by atoms with Crippen LogP contribution >= 0.6 is 0 Å². The van der Waals surface area contributed by atoms with Crippen molar-refractivity contribution in [2.75, 3.05) is 6.54 Å². The number of nitrogens with one attached hydrogen (secondary N) is 1. The molecule has 1 saturated carbocycles. The second-order valence-electron chi connectivity index (χ2n) is 4.14. The lowest BCUT2D eigenvalue weighted by Gasteiger charge is -2.16. The summed E-state index contributed by atoms with van der Waals surface area (Å²) in [6, 6.07) is 1.32. The second-order valence-corrected chi connectivity index (χ2v) is 4.14. The summed E-state index contributed by atoms with van der Waals surface area (Å²) in [5.74, 6) is 1.19. The van der Waals surface area contributed by atoms with E-state index in [1.54, 1.807) is 0 Å². The topological polar surface area (TPSA) is 29.9 Å². The molecule has 3 heteroatoms. The Labute approximate surface area is 85.5 Å². The van der Waals surface area contributed by atoms with Crippen molar-refractivity contribution < 1.29 is 0 Å². The molecule has 2 rings (SSSR count). The standard InChI is InChI=1S/C11H19N3/c1-3-11-12-6-7-14(11)9(2)8-13-10-4-5-10/h6-7,9-10,13H,3-5,8H2,1-2H3. The van der Waals surface area contributed by atoms with Crippen molar-refractivity contribution in [1.82, 2.24) is 14.9 Å². The number of nitrogens with zero attached hydrogens (tertiary/aromatic N) is 2. The van der Waals surface area contributed by atoms with E-state index in [-0.39, 0.29) is 0 Å². The fourth-order valence-electron chi connectivity index (χ4n) is 1.74. The van der Waals surface area contributed by atoms with Gasteiger partial charge in [-0.25, -0.2) is 4.98 Å². The van der Waals surface area contributed by atoms with Gasteiger partial charge in [0.25, 0.3) is 0 Å². The van der Waals surface area contributed by atoms with Crippen LogP contribution in [0.5, 0.6) is 0 Å². The minimum absolute atomic E-state index is 0.521. The fourth-order valence-corrected chi connectivity index (χ4v) is 1.74. The Hall–Kier alpha value is -0.830. The summed E-state index contributed by atoms with van der Waals surface area (Å²) < 4.78 is 2.27. The average molecular weight is 193 g/mol. The van der Waals surface area contributed by atoms with E-state index in [0.29, 0.717) is 6.04 Å². The average Bonchev–Trinajstić information content (AvgIpc) is 2.90. The van der Waals surface area contributed by atoms with Crippen LogP contribution in [-0.4, -0.2) is 22.1 Å². The van der Waals surface area contributed by atoms with E-state index >= 15 is 0 Å². The van der Waals surface area contributed by atoms with Gasteiger partial charge in [-0.15, -0.1) is 0 Å². The zero-order chi connectivity index (χ0) is 9.97. The maximum atomic E-state index is 4.33. The number of rotatable bonds is 5. The van der Waals surface area contributed by atoms with Crippen LogP contribution in [0.2, 0.25) is 0 Å². The van der Waals surface area contributed by atoms with Crippen molar-refractivity contribution >= 4 is 0 Å². The molecule has 0 saturated heterocycles. The van der Waals surface area contributed by atoms with Gasteiger partial charge in [0.2, 0.25) is 0 Å². The monoisotopic (exact) mass is 193 g/mol. The zero-order valence-electron chi connectivity index (χ0n) is 9.03. The minimum atomic E-state index is 0.521. The maximum Gasteiger partial charge on any atom is 0.108 e. The van der Waals surface area contributed by atoms with Crippen LogP contribution in [0.1, 0.15) is 38.6 Å². The molecule has 1 fully saturated rings. The smallest absolute Gasteiger partial charge is 0.108 e. The van der Waals surface area contributed by atoms with Crippen LogP contribution in [-0.2, 0) is 6.42 Å². The van der Waals surface area contributed by atoms with Gasteiger partial charge in [0.1, 0.15) is 5.82 Å². The number of hydrogen-bond donors (Lipinski definition) is 1.